The van der Waals surface area contributed by atoms with E-state index in [4.69, 9.17) is 17.0 Å². The molecule has 5 rings (SSSR count). The van der Waals surface area contributed by atoms with Crippen LogP contribution in [0.15, 0.2) is 90.4 Å². The molecule has 2 unspecified atom stereocenters. The maximum Gasteiger partial charge on any atom is 0.174 e. The zero-order valence-electron chi connectivity index (χ0n) is 16.9. The summed E-state index contributed by atoms with van der Waals surface area (Å²) < 4.78 is 6.07. The molecule has 1 fully saturated rings. The molecule has 0 spiro atoms. The van der Waals surface area contributed by atoms with Gasteiger partial charge in [-0.05, 0) is 78.6 Å². The maximum atomic E-state index is 6.07. The fraction of sp³-hybridized carbons (Fsp3) is 0.120. The first-order valence-corrected chi connectivity index (χ1v) is 11.4. The molecule has 31 heavy (non-hydrogen) atoms. The Bertz CT molecular complexity index is 1180. The van der Waals surface area contributed by atoms with Crippen LogP contribution in [-0.4, -0.2) is 10.1 Å². The van der Waals surface area contributed by atoms with E-state index in [2.05, 4.69) is 44.8 Å². The smallest absolute Gasteiger partial charge is 0.174 e. The number of nitrogens with one attached hydrogen (secondary N) is 1. The lowest BCUT2D eigenvalue weighted by atomic mass is 10.0. The zero-order valence-corrected chi connectivity index (χ0v) is 18.6. The van der Waals surface area contributed by atoms with Gasteiger partial charge in [-0.15, -0.1) is 11.3 Å². The maximum absolute atomic E-state index is 6.07. The van der Waals surface area contributed by atoms with Crippen LogP contribution in [0.4, 0.5) is 5.69 Å². The van der Waals surface area contributed by atoms with Gasteiger partial charge >= 0.3 is 0 Å². The lowest BCUT2D eigenvalue weighted by Crippen LogP contribution is -2.28. The number of para-hydroxylation sites is 1. The Kier molecular flexibility index (Phi) is 5.40. The molecule has 1 saturated heterocycles. The summed E-state index contributed by atoms with van der Waals surface area (Å²) in [5.74, 6) is 1.66. The van der Waals surface area contributed by atoms with Crippen molar-refractivity contribution in [1.82, 2.24) is 10.3 Å². The Labute approximate surface area is 191 Å². The number of pyridine rings is 1. The van der Waals surface area contributed by atoms with Gasteiger partial charge in [0.05, 0.1) is 17.8 Å². The molecule has 0 saturated carbocycles. The molecular weight excluding hydrogens is 422 g/mol. The summed E-state index contributed by atoms with van der Waals surface area (Å²) in [4.78, 5) is 8.01. The number of aromatic nitrogens is 1. The highest BCUT2D eigenvalue weighted by molar-refractivity contribution is 7.80. The molecule has 4 nitrogen and oxygen atoms in total. The molecule has 0 radical (unpaired) electrons. The van der Waals surface area contributed by atoms with Crippen LogP contribution in [-0.2, 0) is 0 Å². The first-order valence-electron chi connectivity index (χ1n) is 10.1. The number of anilines is 1. The minimum Gasteiger partial charge on any atom is -0.457 e. The van der Waals surface area contributed by atoms with Crippen LogP contribution < -0.4 is 15.0 Å². The van der Waals surface area contributed by atoms with Gasteiger partial charge in [0.25, 0.3) is 0 Å². The van der Waals surface area contributed by atoms with E-state index in [-0.39, 0.29) is 12.1 Å². The van der Waals surface area contributed by atoms with Crippen molar-refractivity contribution in [3.8, 4) is 11.5 Å². The van der Waals surface area contributed by atoms with Gasteiger partial charge in [-0.1, -0.05) is 30.3 Å². The fourth-order valence-electron chi connectivity index (χ4n) is 3.85. The molecule has 2 aromatic carbocycles. The minimum atomic E-state index is -0.0183. The third kappa shape index (κ3) is 3.92. The number of thiophene rings is 1. The average molecular weight is 444 g/mol. The number of hydrogen-bond donors (Lipinski definition) is 1. The standard InChI is InChI=1S/C25H21N3OS2/c1-17-7-2-3-9-21(17)29-19-13-11-18(12-14-19)28-24(22-10-6-16-31-22)23(27-25(28)30)20-8-4-5-15-26-20/h2-16,23-24H,1H3,(H,27,30). The number of benzene rings is 2. The Hall–Kier alpha value is -3.22. The topological polar surface area (TPSA) is 37.4 Å². The summed E-state index contributed by atoms with van der Waals surface area (Å²) in [6.07, 6.45) is 1.83. The van der Waals surface area contributed by atoms with E-state index in [1.54, 1.807) is 11.3 Å². The van der Waals surface area contributed by atoms with Gasteiger partial charge in [0.15, 0.2) is 5.11 Å². The third-order valence-corrected chi connectivity index (χ3v) is 6.63. The van der Waals surface area contributed by atoms with E-state index in [1.165, 1.54) is 4.88 Å². The molecule has 2 atom stereocenters. The molecule has 2 aromatic heterocycles. The number of nitrogens with zero attached hydrogens (tertiary/aromatic N) is 2. The van der Waals surface area contributed by atoms with Crippen molar-refractivity contribution < 1.29 is 4.74 Å². The highest BCUT2D eigenvalue weighted by Gasteiger charge is 2.41. The molecule has 1 aliphatic heterocycles. The number of rotatable bonds is 5. The van der Waals surface area contributed by atoms with Crippen molar-refractivity contribution in [2.75, 3.05) is 4.90 Å². The minimum absolute atomic E-state index is 0.0183. The number of thiocarbonyl (C=S) groups is 1. The largest absolute Gasteiger partial charge is 0.457 e. The van der Waals surface area contributed by atoms with Gasteiger partial charge < -0.3 is 15.0 Å². The molecule has 154 valence electrons. The quantitative estimate of drug-likeness (QED) is 0.360. The van der Waals surface area contributed by atoms with E-state index in [0.29, 0.717) is 5.11 Å². The van der Waals surface area contributed by atoms with E-state index in [9.17, 15) is 0 Å². The van der Waals surface area contributed by atoms with Crippen molar-refractivity contribution >= 4 is 34.4 Å². The van der Waals surface area contributed by atoms with Crippen molar-refractivity contribution in [2.45, 2.75) is 19.0 Å². The Morgan fingerprint density at radius 2 is 1.77 bits per heavy atom. The second kappa shape index (κ2) is 8.49. The molecule has 0 amide bonds. The van der Waals surface area contributed by atoms with Crippen LogP contribution in [0.1, 0.15) is 28.2 Å². The molecule has 0 bridgehead atoms. The van der Waals surface area contributed by atoms with Crippen molar-refractivity contribution in [3.63, 3.8) is 0 Å². The zero-order chi connectivity index (χ0) is 21.2. The van der Waals surface area contributed by atoms with Crippen molar-refractivity contribution in [1.29, 1.82) is 0 Å². The second-order valence-electron chi connectivity index (χ2n) is 7.37. The van der Waals surface area contributed by atoms with E-state index < -0.39 is 0 Å². The van der Waals surface area contributed by atoms with E-state index in [0.717, 1.165) is 28.4 Å². The number of aryl methyl sites for hydroxylation is 1. The number of hydrogen-bond acceptors (Lipinski definition) is 4. The van der Waals surface area contributed by atoms with Gasteiger partial charge in [0.2, 0.25) is 0 Å². The van der Waals surface area contributed by atoms with Crippen LogP contribution in [0.5, 0.6) is 11.5 Å². The number of ether oxygens (including phenoxy) is 1. The van der Waals surface area contributed by atoms with E-state index >= 15 is 0 Å². The first-order chi connectivity index (χ1) is 15.2. The van der Waals surface area contributed by atoms with Crippen LogP contribution in [0.25, 0.3) is 0 Å². The SMILES string of the molecule is Cc1ccccc1Oc1ccc(N2C(=S)NC(c3ccccn3)C2c2cccs2)cc1. The van der Waals surface area contributed by atoms with Gasteiger partial charge in [-0.3, -0.25) is 4.98 Å². The molecule has 4 aromatic rings. The second-order valence-corrected chi connectivity index (χ2v) is 8.74. The molecular formula is C25H21N3OS2. The van der Waals surface area contributed by atoms with Crippen molar-refractivity contribution in [2.24, 2.45) is 0 Å². The van der Waals surface area contributed by atoms with Gasteiger partial charge in [-0.2, -0.15) is 0 Å². The normalized spacial score (nSPS) is 18.1. The predicted molar refractivity (Wildman–Crippen MR) is 130 cm³/mol. The summed E-state index contributed by atoms with van der Waals surface area (Å²) in [6, 6.07) is 26.3. The van der Waals surface area contributed by atoms with Gasteiger partial charge in [0, 0.05) is 16.8 Å². The van der Waals surface area contributed by atoms with Crippen molar-refractivity contribution in [3.05, 3.63) is 107 Å². The van der Waals surface area contributed by atoms with Gasteiger partial charge in [-0.25, -0.2) is 0 Å². The van der Waals surface area contributed by atoms with Crippen LogP contribution in [0, 0.1) is 6.92 Å². The average Bonchev–Trinajstić information content (AvgIpc) is 3.44. The molecule has 6 heteroatoms. The van der Waals surface area contributed by atoms with E-state index in [1.807, 2.05) is 67.7 Å². The molecule has 0 aliphatic carbocycles. The highest BCUT2D eigenvalue weighted by Crippen LogP contribution is 2.43. The van der Waals surface area contributed by atoms with Crippen LogP contribution >= 0.6 is 23.6 Å². The summed E-state index contributed by atoms with van der Waals surface area (Å²) in [6.45, 7) is 2.04. The Balaban J connectivity index is 1.46. The highest BCUT2D eigenvalue weighted by atomic mass is 32.1. The summed E-state index contributed by atoms with van der Waals surface area (Å²) in [7, 11) is 0. The lowest BCUT2D eigenvalue weighted by Gasteiger charge is -2.27. The van der Waals surface area contributed by atoms with Crippen LogP contribution in [0.3, 0.4) is 0 Å². The monoisotopic (exact) mass is 443 g/mol. The first kappa shape index (κ1) is 19.7. The predicted octanol–water partition coefficient (Wildman–Crippen LogP) is 6.42. The van der Waals surface area contributed by atoms with Crippen LogP contribution in [0.2, 0.25) is 0 Å². The fourth-order valence-corrected chi connectivity index (χ4v) is 5.05. The Morgan fingerprint density at radius 1 is 0.968 bits per heavy atom. The third-order valence-electron chi connectivity index (χ3n) is 5.37. The summed E-state index contributed by atoms with van der Waals surface area (Å²) in [5, 5.41) is 6.29. The van der Waals surface area contributed by atoms with Gasteiger partial charge in [0.1, 0.15) is 11.5 Å². The molecule has 3 heterocycles. The molecule has 1 N–H and O–H groups in total. The summed E-state index contributed by atoms with van der Waals surface area (Å²) in [5.41, 5.74) is 3.10. The lowest BCUT2D eigenvalue weighted by molar-refractivity contribution is 0.479. The Morgan fingerprint density at radius 3 is 2.48 bits per heavy atom. The summed E-state index contributed by atoms with van der Waals surface area (Å²) >= 11 is 7.50. The molecule has 1 aliphatic rings.